The van der Waals surface area contributed by atoms with Crippen LogP contribution in [0.5, 0.6) is 0 Å². The van der Waals surface area contributed by atoms with Gasteiger partial charge in [0.25, 0.3) is 5.91 Å². The molecule has 2 aromatic rings. The molecule has 2 amide bonds. The average Bonchev–Trinajstić information content (AvgIpc) is 3.47. The highest BCUT2D eigenvalue weighted by atomic mass is 16.2. The fraction of sp³-hybridized carbons (Fsp3) is 0.429. The first-order valence-corrected chi connectivity index (χ1v) is 9.53. The zero-order valence-corrected chi connectivity index (χ0v) is 15.5. The zero-order valence-electron chi connectivity index (χ0n) is 15.5. The van der Waals surface area contributed by atoms with Gasteiger partial charge in [0.2, 0.25) is 5.91 Å². The minimum atomic E-state index is -0.556. The van der Waals surface area contributed by atoms with Crippen molar-refractivity contribution >= 4 is 11.8 Å². The molecular weight excluding hydrogens is 340 g/mol. The fourth-order valence-corrected chi connectivity index (χ4v) is 3.68. The van der Waals surface area contributed by atoms with E-state index in [1.54, 1.807) is 6.92 Å². The molecule has 1 unspecified atom stereocenters. The molecule has 6 heteroatoms. The highest BCUT2D eigenvalue weighted by molar-refractivity contribution is 5.97. The van der Waals surface area contributed by atoms with Gasteiger partial charge >= 0.3 is 0 Å². The van der Waals surface area contributed by atoms with Crippen LogP contribution >= 0.6 is 0 Å². The lowest BCUT2D eigenvalue weighted by Gasteiger charge is -2.33. The van der Waals surface area contributed by atoms with Crippen molar-refractivity contribution in [2.75, 3.05) is 13.1 Å². The van der Waals surface area contributed by atoms with Gasteiger partial charge in [0.1, 0.15) is 6.04 Å². The van der Waals surface area contributed by atoms with Gasteiger partial charge in [0, 0.05) is 31.0 Å². The van der Waals surface area contributed by atoms with E-state index < -0.39 is 6.04 Å². The first-order valence-electron chi connectivity index (χ1n) is 9.53. The molecule has 1 spiro atoms. The Morgan fingerprint density at radius 3 is 2.26 bits per heavy atom. The maximum atomic E-state index is 12.6. The number of amides is 2. The minimum absolute atomic E-state index is 0.0133. The first-order chi connectivity index (χ1) is 13.1. The zero-order chi connectivity index (χ0) is 18.9. The largest absolute Gasteiger partial charge is 0.341 e. The number of carbonyl (C=O) groups excluding carboxylic acids is 2. The summed E-state index contributed by atoms with van der Waals surface area (Å²) in [5.41, 5.74) is 1.78. The van der Waals surface area contributed by atoms with Crippen LogP contribution in [0.2, 0.25) is 0 Å². The predicted octanol–water partition coefficient (Wildman–Crippen LogP) is 2.66. The number of rotatable bonds is 4. The SMILES string of the molecule is CC(NC(=O)c1cnc(-c2ccccc2)nc1)C(=O)N1CCC2(CC1)CC2. The molecule has 0 radical (unpaired) electrons. The molecule has 140 valence electrons. The number of likely N-dealkylation sites (tertiary alicyclic amines) is 1. The Balaban J connectivity index is 1.34. The number of aromatic nitrogens is 2. The van der Waals surface area contributed by atoms with E-state index in [4.69, 9.17) is 0 Å². The summed E-state index contributed by atoms with van der Waals surface area (Å²) < 4.78 is 0. The van der Waals surface area contributed by atoms with E-state index in [1.807, 2.05) is 35.2 Å². The maximum absolute atomic E-state index is 12.6. The van der Waals surface area contributed by atoms with Crippen LogP contribution in [0, 0.1) is 5.41 Å². The van der Waals surface area contributed by atoms with Crippen molar-refractivity contribution in [3.05, 3.63) is 48.3 Å². The molecule has 27 heavy (non-hydrogen) atoms. The van der Waals surface area contributed by atoms with Crippen LogP contribution in [0.15, 0.2) is 42.7 Å². The molecule has 1 saturated carbocycles. The molecule has 1 atom stereocenters. The number of nitrogens with zero attached hydrogens (tertiary/aromatic N) is 3. The second-order valence-corrected chi connectivity index (χ2v) is 7.68. The summed E-state index contributed by atoms with van der Waals surface area (Å²) in [6.07, 6.45) is 7.79. The highest BCUT2D eigenvalue weighted by Gasteiger charge is 2.45. The Kier molecular flexibility index (Phi) is 4.64. The molecule has 1 aliphatic heterocycles. The minimum Gasteiger partial charge on any atom is -0.341 e. The molecule has 0 bridgehead atoms. The number of nitrogens with one attached hydrogen (secondary N) is 1. The highest BCUT2D eigenvalue weighted by Crippen LogP contribution is 2.53. The van der Waals surface area contributed by atoms with Crippen molar-refractivity contribution in [3.63, 3.8) is 0 Å². The summed E-state index contributed by atoms with van der Waals surface area (Å²) in [6, 6.07) is 9.03. The molecule has 2 heterocycles. The topological polar surface area (TPSA) is 75.2 Å². The molecule has 1 aromatic carbocycles. The molecule has 1 saturated heterocycles. The number of carbonyl (C=O) groups is 2. The lowest BCUT2D eigenvalue weighted by Crippen LogP contribution is -2.49. The van der Waals surface area contributed by atoms with Crippen LogP contribution in [0.4, 0.5) is 0 Å². The van der Waals surface area contributed by atoms with Gasteiger partial charge in [-0.2, -0.15) is 0 Å². The third-order valence-corrected chi connectivity index (χ3v) is 5.76. The van der Waals surface area contributed by atoms with Crippen LogP contribution in [-0.2, 0) is 4.79 Å². The fourth-order valence-electron chi connectivity index (χ4n) is 3.68. The van der Waals surface area contributed by atoms with E-state index >= 15 is 0 Å². The molecule has 1 aliphatic carbocycles. The quantitative estimate of drug-likeness (QED) is 0.905. The molecule has 1 N–H and O–H groups in total. The first kappa shape index (κ1) is 17.6. The Bertz CT molecular complexity index is 821. The Morgan fingerprint density at radius 1 is 1.04 bits per heavy atom. The van der Waals surface area contributed by atoms with Crippen LogP contribution in [-0.4, -0.2) is 45.8 Å². The van der Waals surface area contributed by atoms with Crippen molar-refractivity contribution in [1.82, 2.24) is 20.2 Å². The van der Waals surface area contributed by atoms with Crippen molar-refractivity contribution in [2.45, 2.75) is 38.6 Å². The molecular formula is C21H24N4O2. The Labute approximate surface area is 159 Å². The summed E-state index contributed by atoms with van der Waals surface area (Å²) in [6.45, 7) is 3.34. The number of hydrogen-bond acceptors (Lipinski definition) is 4. The Morgan fingerprint density at radius 2 is 1.67 bits per heavy atom. The van der Waals surface area contributed by atoms with Crippen LogP contribution in [0.25, 0.3) is 11.4 Å². The standard InChI is InChI=1S/C21H24N4O2/c1-15(20(27)25-11-9-21(7-8-21)10-12-25)24-19(26)17-13-22-18(23-14-17)16-5-3-2-4-6-16/h2-6,13-15H,7-12H2,1H3,(H,24,26). The number of piperidine rings is 1. The molecule has 2 aliphatic rings. The summed E-state index contributed by atoms with van der Waals surface area (Å²) >= 11 is 0. The van der Waals surface area contributed by atoms with Crippen LogP contribution in [0.1, 0.15) is 43.0 Å². The van der Waals surface area contributed by atoms with Crippen molar-refractivity contribution < 1.29 is 9.59 Å². The van der Waals surface area contributed by atoms with Crippen molar-refractivity contribution in [3.8, 4) is 11.4 Å². The van der Waals surface area contributed by atoms with E-state index in [2.05, 4.69) is 15.3 Å². The summed E-state index contributed by atoms with van der Waals surface area (Å²) in [5, 5.41) is 2.78. The Hall–Kier alpha value is -2.76. The van der Waals surface area contributed by atoms with E-state index in [-0.39, 0.29) is 11.8 Å². The van der Waals surface area contributed by atoms with Gasteiger partial charge < -0.3 is 10.2 Å². The van der Waals surface area contributed by atoms with E-state index in [0.717, 1.165) is 31.5 Å². The van der Waals surface area contributed by atoms with Gasteiger partial charge in [-0.1, -0.05) is 30.3 Å². The summed E-state index contributed by atoms with van der Waals surface area (Å²) in [5.74, 6) is 0.227. The average molecular weight is 364 g/mol. The van der Waals surface area contributed by atoms with E-state index in [0.29, 0.717) is 16.8 Å². The van der Waals surface area contributed by atoms with Gasteiger partial charge in [-0.3, -0.25) is 9.59 Å². The van der Waals surface area contributed by atoms with E-state index in [9.17, 15) is 9.59 Å². The number of benzene rings is 1. The van der Waals surface area contributed by atoms with E-state index in [1.165, 1.54) is 25.2 Å². The lowest BCUT2D eigenvalue weighted by molar-refractivity contribution is -0.134. The van der Waals surface area contributed by atoms with Gasteiger partial charge in [-0.15, -0.1) is 0 Å². The molecule has 6 nitrogen and oxygen atoms in total. The predicted molar refractivity (Wildman–Crippen MR) is 102 cm³/mol. The molecule has 2 fully saturated rings. The second-order valence-electron chi connectivity index (χ2n) is 7.68. The van der Waals surface area contributed by atoms with Gasteiger partial charge in [0.15, 0.2) is 5.82 Å². The molecule has 4 rings (SSSR count). The third-order valence-electron chi connectivity index (χ3n) is 5.76. The van der Waals surface area contributed by atoms with Gasteiger partial charge in [-0.05, 0) is 38.0 Å². The monoisotopic (exact) mass is 364 g/mol. The van der Waals surface area contributed by atoms with Crippen LogP contribution < -0.4 is 5.32 Å². The number of hydrogen-bond donors (Lipinski definition) is 1. The van der Waals surface area contributed by atoms with Gasteiger partial charge in [-0.25, -0.2) is 9.97 Å². The second kappa shape index (κ2) is 7.10. The van der Waals surface area contributed by atoms with Crippen LogP contribution in [0.3, 0.4) is 0 Å². The van der Waals surface area contributed by atoms with Gasteiger partial charge in [0.05, 0.1) is 5.56 Å². The molecule has 1 aromatic heterocycles. The normalized spacial score (nSPS) is 18.8. The third kappa shape index (κ3) is 3.84. The summed E-state index contributed by atoms with van der Waals surface area (Å²) in [4.78, 5) is 35.5. The summed E-state index contributed by atoms with van der Waals surface area (Å²) in [7, 11) is 0. The smallest absolute Gasteiger partial charge is 0.255 e. The lowest BCUT2D eigenvalue weighted by atomic mass is 9.93. The maximum Gasteiger partial charge on any atom is 0.255 e. The van der Waals surface area contributed by atoms with Crippen molar-refractivity contribution in [1.29, 1.82) is 0 Å². The van der Waals surface area contributed by atoms with Crippen molar-refractivity contribution in [2.24, 2.45) is 5.41 Å².